The lowest BCUT2D eigenvalue weighted by molar-refractivity contribution is -0.152. The monoisotopic (exact) mass is 299 g/mol. The molecular weight excluding hydrogens is 270 g/mol. The third kappa shape index (κ3) is 4.66. The number of ether oxygens (including phenoxy) is 2. The molecule has 0 unspecified atom stereocenters. The fourth-order valence-electron chi connectivity index (χ4n) is 3.47. The molecule has 0 amide bonds. The molecular formula is C16H29NO4. The predicted molar refractivity (Wildman–Crippen MR) is 80.0 cm³/mol. The van der Waals surface area contributed by atoms with Crippen LogP contribution in [0.5, 0.6) is 0 Å². The predicted octanol–water partition coefficient (Wildman–Crippen LogP) is 1.58. The molecule has 1 saturated heterocycles. The molecule has 0 aromatic heterocycles. The Morgan fingerprint density at radius 3 is 2.62 bits per heavy atom. The number of esters is 1. The molecule has 0 bridgehead atoms. The van der Waals surface area contributed by atoms with E-state index in [1.165, 1.54) is 0 Å². The van der Waals surface area contributed by atoms with Crippen LogP contribution in [0.1, 0.15) is 46.5 Å². The van der Waals surface area contributed by atoms with Crippen molar-refractivity contribution >= 4 is 5.97 Å². The van der Waals surface area contributed by atoms with Gasteiger partial charge in [0.05, 0.1) is 30.3 Å². The zero-order valence-electron chi connectivity index (χ0n) is 13.6. The summed E-state index contributed by atoms with van der Waals surface area (Å²) < 4.78 is 10.8. The molecule has 2 rings (SSSR count). The Kier molecular flexibility index (Phi) is 5.28. The molecule has 0 atom stereocenters. The number of hydrogen-bond acceptors (Lipinski definition) is 5. The zero-order valence-corrected chi connectivity index (χ0v) is 13.6. The number of β-amino-alcohol motifs (C(OH)–C–C–N with tert-alkyl or cyclic N) is 1. The molecule has 0 aromatic carbocycles. The van der Waals surface area contributed by atoms with Gasteiger partial charge in [-0.15, -0.1) is 0 Å². The Bertz CT molecular complexity index is 361. The number of carbonyl (C=O) groups is 1. The topological polar surface area (TPSA) is 59.0 Å². The van der Waals surface area contributed by atoms with E-state index in [1.807, 2.05) is 6.92 Å². The van der Waals surface area contributed by atoms with E-state index in [4.69, 9.17) is 9.47 Å². The van der Waals surface area contributed by atoms with Crippen LogP contribution in [0, 0.1) is 5.92 Å². The van der Waals surface area contributed by atoms with Gasteiger partial charge in [0, 0.05) is 19.6 Å². The molecule has 0 aromatic rings. The number of carbonyl (C=O) groups excluding carboxylic acids is 1. The summed E-state index contributed by atoms with van der Waals surface area (Å²) in [6.45, 7) is 9.54. The molecule has 2 aliphatic rings. The van der Waals surface area contributed by atoms with E-state index in [0.29, 0.717) is 32.6 Å². The molecule has 1 aliphatic carbocycles. The minimum absolute atomic E-state index is 0.0358. The van der Waals surface area contributed by atoms with E-state index in [1.54, 1.807) is 0 Å². The summed E-state index contributed by atoms with van der Waals surface area (Å²) in [7, 11) is 0. The van der Waals surface area contributed by atoms with Gasteiger partial charge in [-0.1, -0.05) is 0 Å². The third-order valence-corrected chi connectivity index (χ3v) is 4.56. The van der Waals surface area contributed by atoms with E-state index in [-0.39, 0.29) is 17.5 Å². The SMILES string of the molecule is CCOC(=O)C1CCC(O)(CN2CCOC(C)(C)C2)CC1. The van der Waals surface area contributed by atoms with Crippen molar-refractivity contribution in [3.8, 4) is 0 Å². The summed E-state index contributed by atoms with van der Waals surface area (Å²) in [5.41, 5.74) is -0.812. The van der Waals surface area contributed by atoms with Crippen LogP contribution in [0.15, 0.2) is 0 Å². The summed E-state index contributed by atoms with van der Waals surface area (Å²) in [6, 6.07) is 0. The minimum atomic E-state index is -0.670. The molecule has 1 saturated carbocycles. The van der Waals surface area contributed by atoms with Crippen LogP contribution in [0.3, 0.4) is 0 Å². The van der Waals surface area contributed by atoms with Crippen molar-refractivity contribution in [2.75, 3.05) is 32.8 Å². The van der Waals surface area contributed by atoms with Crippen molar-refractivity contribution in [2.24, 2.45) is 5.92 Å². The Labute approximate surface area is 127 Å². The van der Waals surface area contributed by atoms with Crippen LogP contribution in [-0.2, 0) is 14.3 Å². The third-order valence-electron chi connectivity index (χ3n) is 4.56. The van der Waals surface area contributed by atoms with Crippen LogP contribution >= 0.6 is 0 Å². The van der Waals surface area contributed by atoms with Gasteiger partial charge < -0.3 is 14.6 Å². The van der Waals surface area contributed by atoms with Crippen LogP contribution < -0.4 is 0 Å². The summed E-state index contributed by atoms with van der Waals surface area (Å²) in [5.74, 6) is -0.140. The number of morpholine rings is 1. The minimum Gasteiger partial charge on any atom is -0.466 e. The second-order valence-corrected chi connectivity index (χ2v) is 7.07. The molecule has 2 fully saturated rings. The van der Waals surface area contributed by atoms with Crippen molar-refractivity contribution in [3.05, 3.63) is 0 Å². The second kappa shape index (κ2) is 6.63. The Morgan fingerprint density at radius 2 is 2.05 bits per heavy atom. The lowest BCUT2D eigenvalue weighted by Gasteiger charge is -2.43. The number of hydrogen-bond donors (Lipinski definition) is 1. The van der Waals surface area contributed by atoms with Gasteiger partial charge in [-0.3, -0.25) is 9.69 Å². The first-order valence-corrected chi connectivity index (χ1v) is 8.09. The highest BCUT2D eigenvalue weighted by atomic mass is 16.5. The second-order valence-electron chi connectivity index (χ2n) is 7.07. The first kappa shape index (κ1) is 16.7. The van der Waals surface area contributed by atoms with Crippen molar-refractivity contribution in [1.29, 1.82) is 0 Å². The van der Waals surface area contributed by atoms with Gasteiger partial charge >= 0.3 is 5.97 Å². The molecule has 122 valence electrons. The summed E-state index contributed by atoms with van der Waals surface area (Å²) >= 11 is 0. The maximum absolute atomic E-state index is 11.8. The summed E-state index contributed by atoms with van der Waals surface area (Å²) in [4.78, 5) is 14.0. The van der Waals surface area contributed by atoms with Crippen molar-refractivity contribution in [1.82, 2.24) is 4.90 Å². The Morgan fingerprint density at radius 1 is 1.38 bits per heavy atom. The quantitative estimate of drug-likeness (QED) is 0.799. The van der Waals surface area contributed by atoms with Gasteiger partial charge in [-0.2, -0.15) is 0 Å². The van der Waals surface area contributed by atoms with Crippen molar-refractivity contribution in [2.45, 2.75) is 57.7 Å². The smallest absolute Gasteiger partial charge is 0.308 e. The molecule has 5 heteroatoms. The van der Waals surface area contributed by atoms with E-state index < -0.39 is 5.60 Å². The maximum Gasteiger partial charge on any atom is 0.308 e. The van der Waals surface area contributed by atoms with Gasteiger partial charge in [-0.25, -0.2) is 0 Å². The summed E-state index contributed by atoms with van der Waals surface area (Å²) in [6.07, 6.45) is 2.80. The molecule has 1 aliphatic heterocycles. The maximum atomic E-state index is 11.8. The van der Waals surface area contributed by atoms with Crippen molar-refractivity contribution < 1.29 is 19.4 Å². The summed E-state index contributed by atoms with van der Waals surface area (Å²) in [5, 5.41) is 10.8. The highest BCUT2D eigenvalue weighted by Gasteiger charge is 2.39. The van der Waals surface area contributed by atoms with E-state index >= 15 is 0 Å². The zero-order chi connectivity index (χ0) is 15.5. The first-order chi connectivity index (χ1) is 9.84. The largest absolute Gasteiger partial charge is 0.466 e. The van der Waals surface area contributed by atoms with Crippen LogP contribution in [0.4, 0.5) is 0 Å². The van der Waals surface area contributed by atoms with E-state index in [2.05, 4.69) is 18.7 Å². The van der Waals surface area contributed by atoms with E-state index in [9.17, 15) is 9.90 Å². The molecule has 1 heterocycles. The van der Waals surface area contributed by atoms with Crippen LogP contribution in [-0.4, -0.2) is 60.0 Å². The van der Waals surface area contributed by atoms with E-state index in [0.717, 1.165) is 25.9 Å². The normalized spacial score (nSPS) is 33.6. The number of nitrogens with zero attached hydrogens (tertiary/aromatic N) is 1. The Balaban J connectivity index is 1.83. The molecule has 21 heavy (non-hydrogen) atoms. The van der Waals surface area contributed by atoms with Gasteiger partial charge in [0.25, 0.3) is 0 Å². The van der Waals surface area contributed by atoms with Gasteiger partial charge in [0.2, 0.25) is 0 Å². The van der Waals surface area contributed by atoms with Gasteiger partial charge in [-0.05, 0) is 46.5 Å². The average molecular weight is 299 g/mol. The lowest BCUT2D eigenvalue weighted by Crippen LogP contribution is -2.54. The molecule has 5 nitrogen and oxygen atoms in total. The highest BCUT2D eigenvalue weighted by molar-refractivity contribution is 5.72. The van der Waals surface area contributed by atoms with Crippen LogP contribution in [0.25, 0.3) is 0 Å². The fourth-order valence-corrected chi connectivity index (χ4v) is 3.47. The molecule has 0 radical (unpaired) electrons. The number of aliphatic hydroxyl groups is 1. The fraction of sp³-hybridized carbons (Fsp3) is 0.938. The van der Waals surface area contributed by atoms with Crippen LogP contribution in [0.2, 0.25) is 0 Å². The van der Waals surface area contributed by atoms with Gasteiger partial charge in [0.15, 0.2) is 0 Å². The average Bonchev–Trinajstić information content (AvgIpc) is 2.38. The number of rotatable bonds is 4. The Hall–Kier alpha value is -0.650. The highest BCUT2D eigenvalue weighted by Crippen LogP contribution is 2.34. The standard InChI is InChI=1S/C16H29NO4/c1-4-20-14(18)13-5-7-16(19,8-6-13)12-17-9-10-21-15(2,3)11-17/h13,19H,4-12H2,1-3H3. The molecule has 0 spiro atoms. The lowest BCUT2D eigenvalue weighted by atomic mass is 9.78. The first-order valence-electron chi connectivity index (χ1n) is 8.09. The van der Waals surface area contributed by atoms with Crippen molar-refractivity contribution in [3.63, 3.8) is 0 Å². The van der Waals surface area contributed by atoms with Gasteiger partial charge in [0.1, 0.15) is 0 Å². The molecule has 1 N–H and O–H groups in total.